The number of esters is 1. The SMILES string of the molecule is Cc1nn(C(C)C(=O)Nc2sc(C(N)=O)c(C)c2C(=O)OC(C)C)c(C)c1Br. The summed E-state index contributed by atoms with van der Waals surface area (Å²) in [6.07, 6.45) is -0.349. The number of nitrogens with zero attached hydrogens (tertiary/aromatic N) is 2. The Labute approximate surface area is 175 Å². The second-order valence-corrected chi connectivity index (χ2v) is 8.49. The largest absolute Gasteiger partial charge is 0.459 e. The summed E-state index contributed by atoms with van der Waals surface area (Å²) in [7, 11) is 0. The van der Waals surface area contributed by atoms with Crippen molar-refractivity contribution in [1.82, 2.24) is 9.78 Å². The third-order valence-corrected chi connectivity index (χ3v) is 6.51. The summed E-state index contributed by atoms with van der Waals surface area (Å²) in [6, 6.07) is -0.640. The number of hydrogen-bond acceptors (Lipinski definition) is 6. The number of anilines is 1. The summed E-state index contributed by atoms with van der Waals surface area (Å²) in [5.41, 5.74) is 7.51. The maximum atomic E-state index is 12.8. The minimum atomic E-state index is -0.669. The lowest BCUT2D eigenvalue weighted by molar-refractivity contribution is -0.119. The average molecular weight is 471 g/mol. The average Bonchev–Trinajstić information content (AvgIpc) is 3.05. The van der Waals surface area contributed by atoms with E-state index < -0.39 is 17.9 Å². The minimum absolute atomic E-state index is 0.141. The highest BCUT2D eigenvalue weighted by Gasteiger charge is 2.28. The molecule has 2 aromatic heterocycles. The quantitative estimate of drug-likeness (QED) is 0.626. The summed E-state index contributed by atoms with van der Waals surface area (Å²) in [5, 5.41) is 7.33. The van der Waals surface area contributed by atoms with Crippen LogP contribution in [0.4, 0.5) is 5.00 Å². The van der Waals surface area contributed by atoms with Crippen molar-refractivity contribution in [2.45, 2.75) is 53.7 Å². The number of thiophene rings is 1. The van der Waals surface area contributed by atoms with Gasteiger partial charge in [-0.1, -0.05) is 0 Å². The first-order chi connectivity index (χ1) is 13.0. The molecule has 2 amide bonds. The number of aromatic nitrogens is 2. The Balaban J connectivity index is 2.39. The minimum Gasteiger partial charge on any atom is -0.459 e. The van der Waals surface area contributed by atoms with Crippen LogP contribution in [0.2, 0.25) is 0 Å². The number of halogens is 1. The molecule has 1 unspecified atom stereocenters. The zero-order chi connectivity index (χ0) is 21.3. The Hall–Kier alpha value is -2.20. The zero-order valence-electron chi connectivity index (χ0n) is 16.5. The molecule has 8 nitrogen and oxygen atoms in total. The van der Waals surface area contributed by atoms with Crippen LogP contribution in [0.3, 0.4) is 0 Å². The van der Waals surface area contributed by atoms with Crippen molar-refractivity contribution in [2.24, 2.45) is 5.73 Å². The van der Waals surface area contributed by atoms with Crippen molar-refractivity contribution in [3.63, 3.8) is 0 Å². The van der Waals surface area contributed by atoms with Gasteiger partial charge in [0.05, 0.1) is 32.4 Å². The van der Waals surface area contributed by atoms with E-state index in [2.05, 4.69) is 26.3 Å². The van der Waals surface area contributed by atoms with Crippen LogP contribution in [0, 0.1) is 20.8 Å². The van der Waals surface area contributed by atoms with E-state index in [0.29, 0.717) is 5.56 Å². The zero-order valence-corrected chi connectivity index (χ0v) is 18.9. The van der Waals surface area contributed by atoms with Gasteiger partial charge in [-0.05, 0) is 63.0 Å². The molecule has 0 saturated carbocycles. The summed E-state index contributed by atoms with van der Waals surface area (Å²) < 4.78 is 7.68. The van der Waals surface area contributed by atoms with Gasteiger partial charge in [0.15, 0.2) is 0 Å². The van der Waals surface area contributed by atoms with Crippen molar-refractivity contribution in [3.05, 3.63) is 31.9 Å². The molecule has 10 heteroatoms. The summed E-state index contributed by atoms with van der Waals surface area (Å²) in [5.74, 6) is -1.67. The topological polar surface area (TPSA) is 116 Å². The molecule has 2 heterocycles. The third kappa shape index (κ3) is 4.27. The van der Waals surface area contributed by atoms with E-state index in [-0.39, 0.29) is 27.5 Å². The molecule has 0 bridgehead atoms. The van der Waals surface area contributed by atoms with Crippen LogP contribution in [0.25, 0.3) is 0 Å². The van der Waals surface area contributed by atoms with Crippen molar-refractivity contribution in [2.75, 3.05) is 5.32 Å². The van der Waals surface area contributed by atoms with Crippen LogP contribution < -0.4 is 11.1 Å². The van der Waals surface area contributed by atoms with Gasteiger partial charge in [0.2, 0.25) is 5.91 Å². The number of nitrogens with one attached hydrogen (secondary N) is 1. The predicted octanol–water partition coefficient (Wildman–Crippen LogP) is 3.50. The van der Waals surface area contributed by atoms with Gasteiger partial charge in [-0.25, -0.2) is 4.79 Å². The first-order valence-electron chi connectivity index (χ1n) is 8.61. The highest BCUT2D eigenvalue weighted by atomic mass is 79.9. The number of carbonyl (C=O) groups excluding carboxylic acids is 3. The van der Waals surface area contributed by atoms with Crippen LogP contribution in [-0.2, 0) is 9.53 Å². The van der Waals surface area contributed by atoms with E-state index in [1.54, 1.807) is 32.4 Å². The van der Waals surface area contributed by atoms with Crippen LogP contribution in [0.15, 0.2) is 4.47 Å². The molecule has 28 heavy (non-hydrogen) atoms. The van der Waals surface area contributed by atoms with Crippen LogP contribution in [-0.4, -0.2) is 33.7 Å². The number of hydrogen-bond donors (Lipinski definition) is 2. The van der Waals surface area contributed by atoms with E-state index in [4.69, 9.17) is 10.5 Å². The molecule has 0 spiro atoms. The van der Waals surface area contributed by atoms with Gasteiger partial charge in [-0.3, -0.25) is 14.3 Å². The Kier molecular flexibility index (Phi) is 6.66. The molecule has 2 aromatic rings. The van der Waals surface area contributed by atoms with Crippen molar-refractivity contribution in [3.8, 4) is 0 Å². The molecule has 0 aliphatic heterocycles. The number of nitrogens with two attached hydrogens (primary N) is 1. The Morgan fingerprint density at radius 3 is 2.29 bits per heavy atom. The number of rotatable bonds is 6. The number of aryl methyl sites for hydroxylation is 1. The smallest absolute Gasteiger partial charge is 0.341 e. The molecule has 0 aromatic carbocycles. The monoisotopic (exact) mass is 470 g/mol. The number of ether oxygens (including phenoxy) is 1. The van der Waals surface area contributed by atoms with Crippen molar-refractivity contribution >= 4 is 50.1 Å². The lowest BCUT2D eigenvalue weighted by Crippen LogP contribution is -2.26. The fraction of sp³-hybridized carbons (Fsp3) is 0.444. The standard InChI is InChI=1S/C18H23BrN4O4S/c1-7(2)27-18(26)12-8(3)14(15(20)24)28-17(12)21-16(25)11(6)23-10(5)13(19)9(4)22-23/h7,11H,1-6H3,(H2,20,24)(H,21,25). The molecular formula is C18H23BrN4O4S. The Bertz CT molecular complexity index is 948. The molecule has 0 aliphatic rings. The Morgan fingerprint density at radius 2 is 1.82 bits per heavy atom. The van der Waals surface area contributed by atoms with Crippen molar-refractivity contribution < 1.29 is 19.1 Å². The van der Waals surface area contributed by atoms with Gasteiger partial charge in [0.25, 0.3) is 5.91 Å². The molecule has 0 aliphatic carbocycles. The third-order valence-electron chi connectivity index (χ3n) is 4.14. The second-order valence-electron chi connectivity index (χ2n) is 6.67. The van der Waals surface area contributed by atoms with Gasteiger partial charge >= 0.3 is 5.97 Å². The van der Waals surface area contributed by atoms with Gasteiger partial charge in [-0.15, -0.1) is 11.3 Å². The van der Waals surface area contributed by atoms with Crippen LogP contribution in [0.5, 0.6) is 0 Å². The number of carbonyl (C=O) groups is 3. The fourth-order valence-electron chi connectivity index (χ4n) is 2.70. The summed E-state index contributed by atoms with van der Waals surface area (Å²) >= 11 is 4.40. The maximum absolute atomic E-state index is 12.8. The molecule has 0 saturated heterocycles. The molecule has 1 atom stereocenters. The maximum Gasteiger partial charge on any atom is 0.341 e. The molecule has 0 fully saturated rings. The van der Waals surface area contributed by atoms with Gasteiger partial charge in [0, 0.05) is 0 Å². The number of amides is 2. The first-order valence-corrected chi connectivity index (χ1v) is 10.2. The van der Waals surface area contributed by atoms with E-state index >= 15 is 0 Å². The second kappa shape index (κ2) is 8.44. The summed E-state index contributed by atoms with van der Waals surface area (Å²) in [6.45, 7) is 10.4. The normalized spacial score (nSPS) is 12.1. The lowest BCUT2D eigenvalue weighted by Gasteiger charge is -2.15. The molecule has 0 radical (unpaired) electrons. The van der Waals surface area contributed by atoms with E-state index in [9.17, 15) is 14.4 Å². The molecule has 152 valence electrons. The Morgan fingerprint density at radius 1 is 1.21 bits per heavy atom. The summed E-state index contributed by atoms with van der Waals surface area (Å²) in [4.78, 5) is 37.2. The van der Waals surface area contributed by atoms with Crippen molar-refractivity contribution in [1.29, 1.82) is 0 Å². The van der Waals surface area contributed by atoms with E-state index in [1.165, 1.54) is 0 Å². The molecule has 2 rings (SSSR count). The van der Waals surface area contributed by atoms with E-state index in [1.807, 2.05) is 13.8 Å². The highest BCUT2D eigenvalue weighted by Crippen LogP contribution is 2.34. The van der Waals surface area contributed by atoms with Gasteiger partial charge in [-0.2, -0.15) is 5.10 Å². The van der Waals surface area contributed by atoms with Crippen LogP contribution >= 0.6 is 27.3 Å². The van der Waals surface area contributed by atoms with Gasteiger partial charge < -0.3 is 15.8 Å². The number of primary amides is 1. The van der Waals surface area contributed by atoms with Crippen LogP contribution in [0.1, 0.15) is 63.8 Å². The molecule has 3 N–H and O–H groups in total. The molecular weight excluding hydrogens is 448 g/mol. The highest BCUT2D eigenvalue weighted by molar-refractivity contribution is 9.10. The fourth-order valence-corrected chi connectivity index (χ4v) is 4.01. The van der Waals surface area contributed by atoms with E-state index in [0.717, 1.165) is 27.2 Å². The van der Waals surface area contributed by atoms with Gasteiger partial charge in [0.1, 0.15) is 11.0 Å². The predicted molar refractivity (Wildman–Crippen MR) is 111 cm³/mol. The lowest BCUT2D eigenvalue weighted by atomic mass is 10.1. The first kappa shape index (κ1) is 22.1.